The Bertz CT molecular complexity index is 1100. The van der Waals surface area contributed by atoms with Gasteiger partial charge in [-0.15, -0.1) is 0 Å². The molecule has 0 heterocycles. The molecule has 2 unspecified atom stereocenters. The quantitative estimate of drug-likeness (QED) is 0.165. The van der Waals surface area contributed by atoms with Gasteiger partial charge in [-0.2, -0.15) is 0 Å². The number of hydrogen-bond acceptors (Lipinski definition) is 8. The predicted octanol–water partition coefficient (Wildman–Crippen LogP) is 1.38. The first-order chi connectivity index (χ1) is 21.5. The topological polar surface area (TPSA) is 161 Å². The van der Waals surface area contributed by atoms with Gasteiger partial charge in [0.1, 0.15) is 0 Å². The summed E-state index contributed by atoms with van der Waals surface area (Å²) in [5.41, 5.74) is -0.356. The number of carbonyl (C=O) groups excluding carboxylic acids is 4. The third-order valence-corrected chi connectivity index (χ3v) is 10.6. The molecule has 242 valence electrons. The predicted molar refractivity (Wildman–Crippen MR) is 170 cm³/mol. The number of hydrogen-bond donors (Lipinski definition) is 0. The van der Waals surface area contributed by atoms with Crippen molar-refractivity contribution in [1.29, 1.82) is 0 Å². The molecular weight excluding hydrogens is 679 g/mol. The Morgan fingerprint density at radius 3 is 1.18 bits per heavy atom. The molecule has 0 bridgehead atoms. The first kappa shape index (κ1) is 41.6. The van der Waals surface area contributed by atoms with E-state index in [0.29, 0.717) is 12.2 Å². The van der Waals surface area contributed by atoms with E-state index < -0.39 is 45.0 Å². The summed E-state index contributed by atoms with van der Waals surface area (Å²) in [4.78, 5) is 42.0. The fourth-order valence-corrected chi connectivity index (χ4v) is 7.41. The normalized spacial score (nSPS) is 12.4. The molecule has 2 aromatic carbocycles. The van der Waals surface area contributed by atoms with E-state index in [1.54, 1.807) is 0 Å². The van der Waals surface area contributed by atoms with Crippen molar-refractivity contribution in [2.24, 2.45) is 11.8 Å². The molecule has 9 heteroatoms. The number of carboxylic acid groups (broad SMARTS) is 4. The minimum atomic E-state index is -1.48. The van der Waals surface area contributed by atoms with E-state index in [4.69, 9.17) is 0 Å². The Hall–Kier alpha value is -3.40. The Morgan fingerprint density at radius 2 is 0.933 bits per heavy atom. The number of unbranched alkanes of at least 4 members (excludes halogenated alkanes) is 2. The van der Waals surface area contributed by atoms with Crippen LogP contribution in [0.1, 0.15) is 91.9 Å². The molecule has 0 amide bonds. The van der Waals surface area contributed by atoms with E-state index in [9.17, 15) is 39.6 Å². The van der Waals surface area contributed by atoms with Crippen molar-refractivity contribution in [3.63, 3.8) is 0 Å². The average Bonchev–Trinajstić information content (AvgIpc) is 3.01. The van der Waals surface area contributed by atoms with Crippen molar-refractivity contribution < 1.29 is 39.6 Å². The molecule has 2 rings (SSSR count). The zero-order valence-electron chi connectivity index (χ0n) is 26.9. The number of benzene rings is 2. The zero-order valence-corrected chi connectivity index (χ0v) is 29.8. The third kappa shape index (κ3) is 21.9. The molecule has 0 fully saturated rings. The van der Waals surface area contributed by atoms with E-state index >= 15 is 0 Å². The second-order valence-electron chi connectivity index (χ2n) is 10.7. The van der Waals surface area contributed by atoms with Gasteiger partial charge in [-0.3, -0.25) is 0 Å². The summed E-state index contributed by atoms with van der Waals surface area (Å²) < 4.78 is 3.08. The molecular formula is C36H46O8Sn. The molecule has 0 aliphatic rings. The molecule has 0 aromatic heterocycles. The standard InChI is InChI=1S/2C12H20O4.2C6H5.Sn/c2*1-3-5-6-9(4-2)7-10(12(15)16)8-11(13)14;2*1-2-4-6-5-3-1;/h2*8-9H,3-7H2,1-2H3,(H,13,14)(H,15,16);2*1-5H;/q;;;;+4/p-4/b2*10-8-;;;. The van der Waals surface area contributed by atoms with Crippen LogP contribution >= 0.6 is 0 Å². The van der Waals surface area contributed by atoms with Crippen LogP contribution in [0, 0.1) is 11.8 Å². The van der Waals surface area contributed by atoms with Crippen molar-refractivity contribution in [3.8, 4) is 0 Å². The molecule has 0 saturated carbocycles. The summed E-state index contributed by atoms with van der Waals surface area (Å²) in [6.45, 7) is 8.05. The molecule has 2 aromatic rings. The van der Waals surface area contributed by atoms with Gasteiger partial charge in [-0.1, -0.05) is 79.1 Å². The zero-order chi connectivity index (χ0) is 34.0. The molecule has 0 aliphatic carbocycles. The number of carboxylic acids is 4. The summed E-state index contributed by atoms with van der Waals surface area (Å²) in [5, 5.41) is 42.0. The van der Waals surface area contributed by atoms with Crippen molar-refractivity contribution in [3.05, 3.63) is 84.0 Å². The first-order valence-corrected chi connectivity index (χ1v) is 18.4. The second kappa shape index (κ2) is 25.9. The van der Waals surface area contributed by atoms with Crippen LogP contribution in [0.5, 0.6) is 0 Å². The average molecular weight is 725 g/mol. The van der Waals surface area contributed by atoms with Gasteiger partial charge < -0.3 is 39.6 Å². The third-order valence-electron chi connectivity index (χ3n) is 7.05. The van der Waals surface area contributed by atoms with Gasteiger partial charge in [0.2, 0.25) is 0 Å². The molecule has 8 nitrogen and oxygen atoms in total. The van der Waals surface area contributed by atoms with Gasteiger partial charge >= 0.3 is 89.0 Å². The van der Waals surface area contributed by atoms with Gasteiger partial charge in [-0.05, 0) is 48.0 Å². The number of rotatable bonds is 18. The van der Waals surface area contributed by atoms with Gasteiger partial charge in [0.25, 0.3) is 0 Å². The molecule has 0 aliphatic heterocycles. The summed E-state index contributed by atoms with van der Waals surface area (Å²) in [6, 6.07) is 21.6. The fourth-order valence-electron chi connectivity index (χ4n) is 4.41. The van der Waals surface area contributed by atoms with Gasteiger partial charge in [-0.25, -0.2) is 0 Å². The Morgan fingerprint density at radius 1 is 0.600 bits per heavy atom. The Labute approximate surface area is 278 Å². The van der Waals surface area contributed by atoms with E-state index in [1.807, 2.05) is 13.8 Å². The van der Waals surface area contributed by atoms with E-state index in [-0.39, 0.29) is 35.8 Å². The van der Waals surface area contributed by atoms with E-state index in [1.165, 1.54) is 7.16 Å². The van der Waals surface area contributed by atoms with Crippen LogP contribution in [-0.2, 0) is 19.2 Å². The van der Waals surface area contributed by atoms with Crippen LogP contribution < -0.4 is 27.6 Å². The van der Waals surface area contributed by atoms with Crippen LogP contribution in [0.2, 0.25) is 0 Å². The van der Waals surface area contributed by atoms with Crippen molar-refractivity contribution in [2.45, 2.75) is 91.9 Å². The number of carbonyl (C=O) groups is 4. The summed E-state index contributed by atoms with van der Waals surface area (Å²) in [7, 11) is 0. The molecule has 0 saturated heterocycles. The van der Waals surface area contributed by atoms with Crippen molar-refractivity contribution in [2.75, 3.05) is 0 Å². The van der Waals surface area contributed by atoms with Gasteiger partial charge in [0.15, 0.2) is 0 Å². The van der Waals surface area contributed by atoms with Crippen LogP contribution in [0.25, 0.3) is 0 Å². The minimum absolute atomic E-state index is 0.178. The second-order valence-corrected chi connectivity index (χ2v) is 14.7. The molecule has 6 radical (unpaired) electrons. The Balaban J connectivity index is 0.000000648. The molecule has 0 spiro atoms. The van der Waals surface area contributed by atoms with E-state index in [0.717, 1.165) is 51.4 Å². The molecule has 0 N–H and O–H groups in total. The van der Waals surface area contributed by atoms with Crippen LogP contribution in [-0.4, -0.2) is 45.0 Å². The van der Waals surface area contributed by atoms with Crippen molar-refractivity contribution >= 4 is 52.2 Å². The van der Waals surface area contributed by atoms with Crippen LogP contribution in [0.4, 0.5) is 0 Å². The maximum atomic E-state index is 10.7. The van der Waals surface area contributed by atoms with Crippen LogP contribution in [0.15, 0.2) is 84.0 Å². The summed E-state index contributed by atoms with van der Waals surface area (Å²) >= 11 is -0.517. The first-order valence-electron chi connectivity index (χ1n) is 15.6. The van der Waals surface area contributed by atoms with Gasteiger partial charge in [0.05, 0.1) is 23.9 Å². The van der Waals surface area contributed by atoms with E-state index in [2.05, 4.69) is 74.5 Å². The summed E-state index contributed by atoms with van der Waals surface area (Å²) in [6.07, 6.45) is 9.34. The van der Waals surface area contributed by atoms with Gasteiger partial charge in [0, 0.05) is 0 Å². The summed E-state index contributed by atoms with van der Waals surface area (Å²) in [5.74, 6) is -5.40. The molecule has 45 heavy (non-hydrogen) atoms. The monoisotopic (exact) mass is 726 g/mol. The molecule has 2 atom stereocenters. The number of aliphatic carboxylic acids is 4. The van der Waals surface area contributed by atoms with Crippen molar-refractivity contribution in [1.82, 2.24) is 0 Å². The van der Waals surface area contributed by atoms with Crippen LogP contribution in [0.3, 0.4) is 0 Å². The Kier molecular flexibility index (Phi) is 23.9. The SMILES string of the molecule is CCCCC(CC)C/C(=C/C(=O)[O-])C(=O)[O-].CCCCC(CC)C/C(=C/C(=O)[O-])C(=O)[O-].c1cc[c]([Sn+4][c]2ccccc2)cc1. The fraction of sp³-hybridized carbons (Fsp3) is 0.444. The maximum absolute atomic E-state index is 10.7.